The summed E-state index contributed by atoms with van der Waals surface area (Å²) < 4.78 is 0. The van der Waals surface area contributed by atoms with Crippen LogP contribution in [-0.4, -0.2) is 27.5 Å². The first-order chi connectivity index (χ1) is 10.5. The average Bonchev–Trinajstić information content (AvgIpc) is 2.80. The van der Waals surface area contributed by atoms with Crippen molar-refractivity contribution in [2.45, 2.75) is 44.6 Å². The number of para-hydroxylation sites is 1. The van der Waals surface area contributed by atoms with Crippen molar-refractivity contribution in [3.05, 3.63) is 35.5 Å². The van der Waals surface area contributed by atoms with Gasteiger partial charge in [-0.2, -0.15) is 0 Å². The summed E-state index contributed by atoms with van der Waals surface area (Å²) in [6, 6.07) is 6.00. The van der Waals surface area contributed by atoms with Crippen LogP contribution in [0.4, 0.5) is 0 Å². The first-order valence-electron chi connectivity index (χ1n) is 7.57. The third kappa shape index (κ3) is 2.71. The largest absolute Gasteiger partial charge is 0.481 e. The van der Waals surface area contributed by atoms with Gasteiger partial charge in [0.1, 0.15) is 0 Å². The number of amides is 1. The summed E-state index contributed by atoms with van der Waals surface area (Å²) in [5.41, 5.74) is 2.60. The van der Waals surface area contributed by atoms with Crippen molar-refractivity contribution < 1.29 is 14.7 Å². The van der Waals surface area contributed by atoms with Crippen molar-refractivity contribution in [3.63, 3.8) is 0 Å². The van der Waals surface area contributed by atoms with Crippen LogP contribution in [0.15, 0.2) is 24.4 Å². The van der Waals surface area contributed by atoms with Crippen LogP contribution in [0.5, 0.6) is 0 Å². The number of aromatic nitrogens is 1. The van der Waals surface area contributed by atoms with E-state index in [0.717, 1.165) is 41.3 Å². The number of fused-ring (bicyclic) bond motifs is 1. The maximum atomic E-state index is 12.3. The van der Waals surface area contributed by atoms with Gasteiger partial charge < -0.3 is 15.4 Å². The molecule has 0 unspecified atom stereocenters. The molecule has 1 aliphatic carbocycles. The third-order valence-corrected chi connectivity index (χ3v) is 4.57. The van der Waals surface area contributed by atoms with Crippen LogP contribution in [0.25, 0.3) is 10.9 Å². The molecule has 22 heavy (non-hydrogen) atoms. The molecule has 0 atom stereocenters. The first-order valence-corrected chi connectivity index (χ1v) is 7.57. The lowest BCUT2D eigenvalue weighted by Gasteiger charge is -2.41. The first kappa shape index (κ1) is 14.6. The Hall–Kier alpha value is -2.30. The lowest BCUT2D eigenvalue weighted by molar-refractivity contribution is -0.140. The highest BCUT2D eigenvalue weighted by Gasteiger charge is 2.40. The molecule has 3 N–H and O–H groups in total. The second-order valence-electron chi connectivity index (χ2n) is 6.24. The Labute approximate surface area is 128 Å². The van der Waals surface area contributed by atoms with Gasteiger partial charge in [-0.25, -0.2) is 0 Å². The van der Waals surface area contributed by atoms with Gasteiger partial charge >= 0.3 is 5.97 Å². The number of nitrogens with one attached hydrogen (secondary N) is 2. The van der Waals surface area contributed by atoms with E-state index in [1.165, 1.54) is 0 Å². The molecule has 3 rings (SSSR count). The third-order valence-electron chi connectivity index (χ3n) is 4.57. The van der Waals surface area contributed by atoms with Crippen LogP contribution in [0.1, 0.15) is 36.8 Å². The van der Waals surface area contributed by atoms with E-state index in [4.69, 9.17) is 5.11 Å². The summed E-state index contributed by atoms with van der Waals surface area (Å²) in [7, 11) is 0. The maximum Gasteiger partial charge on any atom is 0.305 e. The van der Waals surface area contributed by atoms with Gasteiger partial charge in [0.2, 0.25) is 5.91 Å². The Bertz CT molecular complexity index is 729. The molecular formula is C17H20N2O3. The molecule has 0 radical (unpaired) electrons. The number of aromatic amines is 1. The number of hydrogen-bond acceptors (Lipinski definition) is 2. The standard InChI is InChI=1S/C17H20N2O3/c1-11-4-2-5-13-12(10-18-16(11)13)8-14(20)19-17(6-3-7-17)9-15(21)22/h2,4-5,10,18H,3,6-9H2,1H3,(H,19,20)(H,21,22). The second-order valence-corrected chi connectivity index (χ2v) is 6.24. The molecule has 1 heterocycles. The molecule has 1 aliphatic rings. The lowest BCUT2D eigenvalue weighted by Crippen LogP contribution is -2.55. The highest BCUT2D eigenvalue weighted by molar-refractivity contribution is 5.90. The fourth-order valence-electron chi connectivity index (χ4n) is 3.26. The van der Waals surface area contributed by atoms with Crippen molar-refractivity contribution >= 4 is 22.8 Å². The smallest absolute Gasteiger partial charge is 0.305 e. The SMILES string of the molecule is Cc1cccc2c(CC(=O)NC3(CC(=O)O)CCC3)c[nH]c12. The normalized spacial score (nSPS) is 16.2. The van der Waals surface area contributed by atoms with Crippen LogP contribution in [0.2, 0.25) is 0 Å². The molecule has 0 spiro atoms. The summed E-state index contributed by atoms with van der Waals surface area (Å²) in [4.78, 5) is 26.5. The molecule has 1 aromatic heterocycles. The molecule has 2 aromatic rings. The Morgan fingerprint density at radius 1 is 1.36 bits per heavy atom. The summed E-state index contributed by atoms with van der Waals surface area (Å²) in [5.74, 6) is -0.967. The van der Waals surface area contributed by atoms with Crippen molar-refractivity contribution in [2.24, 2.45) is 0 Å². The number of H-pyrrole nitrogens is 1. The number of hydrogen-bond donors (Lipinski definition) is 3. The number of carbonyl (C=O) groups is 2. The van der Waals surface area contributed by atoms with E-state index in [2.05, 4.69) is 10.3 Å². The molecule has 5 nitrogen and oxygen atoms in total. The zero-order valence-corrected chi connectivity index (χ0v) is 12.6. The number of carboxylic acids is 1. The zero-order valence-electron chi connectivity index (χ0n) is 12.6. The van der Waals surface area contributed by atoms with Crippen molar-refractivity contribution in [3.8, 4) is 0 Å². The number of benzene rings is 1. The molecular weight excluding hydrogens is 280 g/mol. The Balaban J connectivity index is 1.73. The van der Waals surface area contributed by atoms with E-state index in [9.17, 15) is 9.59 Å². The Kier molecular flexibility index (Phi) is 3.64. The van der Waals surface area contributed by atoms with Crippen molar-refractivity contribution in [2.75, 3.05) is 0 Å². The molecule has 1 amide bonds. The molecule has 1 saturated carbocycles. The summed E-state index contributed by atoms with van der Waals surface area (Å²) in [6.07, 6.45) is 4.61. The van der Waals surface area contributed by atoms with E-state index in [1.807, 2.05) is 31.3 Å². The molecule has 1 fully saturated rings. The molecule has 1 aromatic carbocycles. The summed E-state index contributed by atoms with van der Waals surface area (Å²) in [6.45, 7) is 2.03. The molecule has 116 valence electrons. The molecule has 0 aliphatic heterocycles. The summed E-state index contributed by atoms with van der Waals surface area (Å²) in [5, 5.41) is 13.0. The van der Waals surface area contributed by atoms with Gasteiger partial charge in [0.15, 0.2) is 0 Å². The second kappa shape index (κ2) is 5.48. The van der Waals surface area contributed by atoms with Gasteiger partial charge in [0, 0.05) is 17.1 Å². The van der Waals surface area contributed by atoms with Crippen LogP contribution >= 0.6 is 0 Å². The minimum Gasteiger partial charge on any atom is -0.481 e. The topological polar surface area (TPSA) is 82.2 Å². The zero-order chi connectivity index (χ0) is 15.7. The number of aliphatic carboxylic acids is 1. The van der Waals surface area contributed by atoms with E-state index < -0.39 is 11.5 Å². The number of carbonyl (C=O) groups excluding carboxylic acids is 1. The van der Waals surface area contributed by atoms with E-state index in [-0.39, 0.29) is 18.7 Å². The fraction of sp³-hybridized carbons (Fsp3) is 0.412. The number of carboxylic acid groups (broad SMARTS) is 1. The molecule has 0 bridgehead atoms. The highest BCUT2D eigenvalue weighted by Crippen LogP contribution is 2.35. The predicted octanol–water partition coefficient (Wildman–Crippen LogP) is 2.53. The lowest BCUT2D eigenvalue weighted by atomic mass is 9.74. The predicted molar refractivity (Wildman–Crippen MR) is 83.7 cm³/mol. The van der Waals surface area contributed by atoms with Gasteiger partial charge in [0.25, 0.3) is 0 Å². The van der Waals surface area contributed by atoms with Crippen molar-refractivity contribution in [1.82, 2.24) is 10.3 Å². The van der Waals surface area contributed by atoms with Crippen LogP contribution < -0.4 is 5.32 Å². The van der Waals surface area contributed by atoms with Crippen LogP contribution in [-0.2, 0) is 16.0 Å². The van der Waals surface area contributed by atoms with Gasteiger partial charge in [-0.1, -0.05) is 18.2 Å². The molecule has 5 heteroatoms. The summed E-state index contributed by atoms with van der Waals surface area (Å²) >= 11 is 0. The maximum absolute atomic E-state index is 12.3. The van der Waals surface area contributed by atoms with E-state index in [1.54, 1.807) is 0 Å². The number of aryl methyl sites for hydroxylation is 1. The van der Waals surface area contributed by atoms with E-state index in [0.29, 0.717) is 0 Å². The average molecular weight is 300 g/mol. The number of rotatable bonds is 5. The van der Waals surface area contributed by atoms with Crippen LogP contribution in [0, 0.1) is 6.92 Å². The van der Waals surface area contributed by atoms with Gasteiger partial charge in [0.05, 0.1) is 18.4 Å². The fourth-order valence-corrected chi connectivity index (χ4v) is 3.26. The minimum atomic E-state index is -0.859. The molecule has 0 saturated heterocycles. The highest BCUT2D eigenvalue weighted by atomic mass is 16.4. The van der Waals surface area contributed by atoms with Crippen LogP contribution in [0.3, 0.4) is 0 Å². The van der Waals surface area contributed by atoms with Crippen molar-refractivity contribution in [1.29, 1.82) is 0 Å². The Morgan fingerprint density at radius 3 is 2.77 bits per heavy atom. The Morgan fingerprint density at radius 2 is 2.14 bits per heavy atom. The van der Waals surface area contributed by atoms with Gasteiger partial charge in [-0.15, -0.1) is 0 Å². The van der Waals surface area contributed by atoms with Gasteiger partial charge in [-0.05, 0) is 37.3 Å². The minimum absolute atomic E-state index is 0.00569. The quantitative estimate of drug-likeness (QED) is 0.793. The van der Waals surface area contributed by atoms with E-state index >= 15 is 0 Å². The van der Waals surface area contributed by atoms with Gasteiger partial charge in [-0.3, -0.25) is 9.59 Å². The monoisotopic (exact) mass is 300 g/mol.